The highest BCUT2D eigenvalue weighted by Crippen LogP contribution is 2.51. The number of carbonyl (C=O) groups is 1. The Kier molecular flexibility index (Phi) is 10.5. The number of thiocarbonyl (C=S) groups is 1. The van der Waals surface area contributed by atoms with E-state index in [9.17, 15) is 9.36 Å². The number of aromatic nitrogens is 4. The maximum Gasteiger partial charge on any atom is 0.358 e. The van der Waals surface area contributed by atoms with Crippen molar-refractivity contribution < 1.29 is 37.4 Å². The molecule has 4 aromatic rings. The Morgan fingerprint density at radius 3 is 2.36 bits per heavy atom. The van der Waals surface area contributed by atoms with Crippen molar-refractivity contribution >= 4 is 47.9 Å². The second-order valence-corrected chi connectivity index (χ2v) is 12.8. The molecule has 1 amide bonds. The zero-order valence-corrected chi connectivity index (χ0v) is 26.9. The van der Waals surface area contributed by atoms with Gasteiger partial charge in [0.25, 0.3) is 5.91 Å². The van der Waals surface area contributed by atoms with Crippen LogP contribution in [0.15, 0.2) is 73.3 Å². The second kappa shape index (κ2) is 14.5. The van der Waals surface area contributed by atoms with Gasteiger partial charge in [0, 0.05) is 17.8 Å². The summed E-state index contributed by atoms with van der Waals surface area (Å²) in [6.07, 6.45) is -0.801. The minimum absolute atomic E-state index is 0.0367. The summed E-state index contributed by atoms with van der Waals surface area (Å²) in [5.74, 6) is 0.351. The van der Waals surface area contributed by atoms with Gasteiger partial charge in [-0.2, -0.15) is 0 Å². The smallest absolute Gasteiger partial charge is 0.358 e. The minimum Gasteiger partial charge on any atom is -0.446 e. The fourth-order valence-corrected chi connectivity index (χ4v) is 6.65. The normalized spacial score (nSPS) is 18.4. The molecule has 1 aliphatic rings. The van der Waals surface area contributed by atoms with E-state index in [-0.39, 0.29) is 42.1 Å². The summed E-state index contributed by atoms with van der Waals surface area (Å²) in [6.45, 7) is 7.09. The summed E-state index contributed by atoms with van der Waals surface area (Å²) in [5, 5.41) is 2.61. The molecule has 45 heavy (non-hydrogen) atoms. The molecule has 238 valence electrons. The van der Waals surface area contributed by atoms with Crippen LogP contribution in [0.4, 0.5) is 5.82 Å². The molecule has 3 atom stereocenters. The van der Waals surface area contributed by atoms with E-state index in [0.29, 0.717) is 22.5 Å². The van der Waals surface area contributed by atoms with Gasteiger partial charge in [0.05, 0.1) is 25.1 Å². The standard InChI is InChI=1S/C30H34N5O8PS/c1-19(2)42-44(37,43-20(3)4)18-39-23-15-38-29(25(23)41-30(45)40-22-13-9-6-10-14-22)35-17-33-24-26(31-16-32-27(24)35)34-28(36)21-11-7-5-8-12-21/h5-14,16-17,19-20,23,25,29H,15,18H2,1-4H3,(H,31,32,34,36)/t23-,25+,29+/m0/s1. The van der Waals surface area contributed by atoms with Crippen molar-refractivity contribution in [3.05, 3.63) is 78.9 Å². The van der Waals surface area contributed by atoms with E-state index in [1.54, 1.807) is 80.8 Å². The number of benzene rings is 2. The minimum atomic E-state index is -3.64. The van der Waals surface area contributed by atoms with Crippen LogP contribution in [-0.2, 0) is 27.8 Å². The van der Waals surface area contributed by atoms with E-state index in [0.717, 1.165) is 0 Å². The number of ether oxygens (including phenoxy) is 4. The summed E-state index contributed by atoms with van der Waals surface area (Å²) in [4.78, 5) is 25.9. The Balaban J connectivity index is 1.41. The van der Waals surface area contributed by atoms with Gasteiger partial charge in [-0.3, -0.25) is 13.9 Å². The maximum atomic E-state index is 13.5. The number of amides is 1. The van der Waals surface area contributed by atoms with E-state index in [1.165, 1.54) is 12.7 Å². The highest BCUT2D eigenvalue weighted by Gasteiger charge is 2.44. The Bertz CT molecular complexity index is 1640. The molecule has 1 fully saturated rings. The van der Waals surface area contributed by atoms with Crippen LogP contribution in [-0.4, -0.2) is 68.0 Å². The molecule has 0 aliphatic carbocycles. The number of nitrogens with zero attached hydrogens (tertiary/aromatic N) is 4. The number of rotatable bonds is 12. The van der Waals surface area contributed by atoms with Gasteiger partial charge in [-0.25, -0.2) is 15.0 Å². The monoisotopic (exact) mass is 655 g/mol. The van der Waals surface area contributed by atoms with Gasteiger partial charge in [-0.15, -0.1) is 0 Å². The molecule has 1 saturated heterocycles. The third kappa shape index (κ3) is 8.28. The highest BCUT2D eigenvalue weighted by molar-refractivity contribution is 7.79. The molecule has 15 heteroatoms. The first-order chi connectivity index (χ1) is 21.6. The first-order valence-corrected chi connectivity index (χ1v) is 16.4. The Morgan fingerprint density at radius 1 is 1.02 bits per heavy atom. The molecule has 0 spiro atoms. The Hall–Kier alpha value is -3.78. The summed E-state index contributed by atoms with van der Waals surface area (Å²) < 4.78 is 50.5. The second-order valence-electron chi connectivity index (χ2n) is 10.6. The molecular weight excluding hydrogens is 621 g/mol. The van der Waals surface area contributed by atoms with Crippen LogP contribution >= 0.6 is 19.8 Å². The molecule has 0 bridgehead atoms. The van der Waals surface area contributed by atoms with Crippen LogP contribution in [0.2, 0.25) is 0 Å². The molecule has 1 aliphatic heterocycles. The largest absolute Gasteiger partial charge is 0.446 e. The van der Waals surface area contributed by atoms with E-state index in [1.807, 2.05) is 12.1 Å². The first kappa shape index (κ1) is 32.6. The molecule has 0 radical (unpaired) electrons. The lowest BCUT2D eigenvalue weighted by Gasteiger charge is -2.27. The zero-order valence-electron chi connectivity index (χ0n) is 25.1. The number of anilines is 1. The third-order valence-electron chi connectivity index (χ3n) is 6.35. The molecule has 1 N–H and O–H groups in total. The van der Waals surface area contributed by atoms with Crippen molar-refractivity contribution in [1.82, 2.24) is 19.5 Å². The molecule has 5 rings (SSSR count). The summed E-state index contributed by atoms with van der Waals surface area (Å²) in [5.41, 5.74) is 1.15. The third-order valence-corrected chi connectivity index (χ3v) is 8.48. The van der Waals surface area contributed by atoms with Gasteiger partial charge in [-0.1, -0.05) is 36.4 Å². The van der Waals surface area contributed by atoms with Crippen molar-refractivity contribution in [2.45, 2.75) is 58.3 Å². The SMILES string of the molecule is CC(C)OP(=O)(CO[C@H]1CO[C@@H](n2cnc3c(NC(=O)c4ccccc4)ncnc32)[C@@H]1OC(=S)Oc1ccccc1)OC(C)C. The number of fused-ring (bicyclic) bond motifs is 1. The van der Waals surface area contributed by atoms with Crippen LogP contribution in [0.25, 0.3) is 11.2 Å². The highest BCUT2D eigenvalue weighted by atomic mass is 32.1. The van der Waals surface area contributed by atoms with Gasteiger partial charge < -0.3 is 33.3 Å². The molecule has 13 nitrogen and oxygen atoms in total. The number of hydrogen-bond acceptors (Lipinski definition) is 12. The van der Waals surface area contributed by atoms with Gasteiger partial charge >= 0.3 is 12.8 Å². The van der Waals surface area contributed by atoms with Crippen LogP contribution in [0.1, 0.15) is 44.3 Å². The number of hydrogen-bond donors (Lipinski definition) is 1. The zero-order chi connectivity index (χ0) is 32.0. The predicted octanol–water partition coefficient (Wildman–Crippen LogP) is 5.74. The van der Waals surface area contributed by atoms with Gasteiger partial charge in [0.15, 0.2) is 29.3 Å². The van der Waals surface area contributed by atoms with Crippen LogP contribution < -0.4 is 10.1 Å². The number of para-hydroxylation sites is 1. The Morgan fingerprint density at radius 2 is 1.69 bits per heavy atom. The van der Waals surface area contributed by atoms with Gasteiger partial charge in [0.2, 0.25) is 0 Å². The van der Waals surface area contributed by atoms with Crippen LogP contribution in [0.5, 0.6) is 5.75 Å². The predicted molar refractivity (Wildman–Crippen MR) is 169 cm³/mol. The van der Waals surface area contributed by atoms with Crippen molar-refractivity contribution in [3.8, 4) is 5.75 Å². The van der Waals surface area contributed by atoms with Gasteiger partial charge in [0.1, 0.15) is 24.5 Å². The topological polar surface area (TPSA) is 145 Å². The van der Waals surface area contributed by atoms with Crippen molar-refractivity contribution in [2.75, 3.05) is 18.3 Å². The van der Waals surface area contributed by atoms with Crippen molar-refractivity contribution in [1.29, 1.82) is 0 Å². The fourth-order valence-electron chi connectivity index (χ4n) is 4.62. The lowest BCUT2D eigenvalue weighted by molar-refractivity contribution is -0.0292. The first-order valence-electron chi connectivity index (χ1n) is 14.3. The van der Waals surface area contributed by atoms with E-state index < -0.39 is 26.0 Å². The van der Waals surface area contributed by atoms with Crippen molar-refractivity contribution in [3.63, 3.8) is 0 Å². The number of nitrogens with one attached hydrogen (secondary N) is 1. The van der Waals surface area contributed by atoms with Crippen LogP contribution in [0.3, 0.4) is 0 Å². The molecule has 0 unspecified atom stereocenters. The van der Waals surface area contributed by atoms with Crippen LogP contribution in [0, 0.1) is 0 Å². The quantitative estimate of drug-likeness (QED) is 0.147. The molecule has 0 saturated carbocycles. The lowest BCUT2D eigenvalue weighted by atomic mass is 10.2. The molecule has 3 heterocycles. The van der Waals surface area contributed by atoms with Gasteiger partial charge in [-0.05, 0) is 52.0 Å². The average molecular weight is 656 g/mol. The van der Waals surface area contributed by atoms with E-state index in [2.05, 4.69) is 20.3 Å². The lowest BCUT2D eigenvalue weighted by Crippen LogP contribution is -2.36. The summed E-state index contributed by atoms with van der Waals surface area (Å²) in [7, 11) is -3.64. The fraction of sp³-hybridized carbons (Fsp3) is 0.367. The summed E-state index contributed by atoms with van der Waals surface area (Å²) >= 11 is 5.43. The Labute approximate surface area is 265 Å². The molecule has 2 aromatic heterocycles. The number of imidazole rings is 1. The number of carbonyl (C=O) groups excluding carboxylic acids is 1. The van der Waals surface area contributed by atoms with Crippen molar-refractivity contribution in [2.24, 2.45) is 0 Å². The van der Waals surface area contributed by atoms with E-state index in [4.69, 9.17) is 40.2 Å². The molecular formula is C30H34N5O8PS. The van der Waals surface area contributed by atoms with E-state index >= 15 is 0 Å². The maximum absolute atomic E-state index is 13.5. The average Bonchev–Trinajstić information content (AvgIpc) is 3.60. The molecule has 2 aromatic carbocycles. The summed E-state index contributed by atoms with van der Waals surface area (Å²) in [6, 6.07) is 17.7.